The summed E-state index contributed by atoms with van der Waals surface area (Å²) in [6, 6.07) is 25.7. The number of hydrogen-bond donors (Lipinski definition) is 1. The number of rotatable bonds is 6. The topological polar surface area (TPSA) is 98.3 Å². The van der Waals surface area contributed by atoms with E-state index in [-0.39, 0.29) is 12.5 Å². The summed E-state index contributed by atoms with van der Waals surface area (Å²) < 4.78 is 5.50. The monoisotopic (exact) mass is 394 g/mol. The fourth-order valence-corrected chi connectivity index (χ4v) is 2.66. The highest BCUT2D eigenvalue weighted by Gasteiger charge is 2.04. The Morgan fingerprint density at radius 2 is 1.37 bits per heavy atom. The van der Waals surface area contributed by atoms with Crippen molar-refractivity contribution in [2.45, 2.75) is 6.92 Å². The first-order valence-corrected chi connectivity index (χ1v) is 9.16. The zero-order valence-electron chi connectivity index (χ0n) is 16.3. The highest BCUT2D eigenvalue weighted by Crippen LogP contribution is 2.22. The van der Waals surface area contributed by atoms with Crippen molar-refractivity contribution in [1.82, 2.24) is 5.43 Å². The maximum Gasteiger partial charge on any atom is 0.277 e. The van der Waals surface area contributed by atoms with E-state index in [1.165, 1.54) is 0 Å². The quantitative estimate of drug-likeness (QED) is 0.504. The summed E-state index contributed by atoms with van der Waals surface area (Å²) in [4.78, 5) is 12.0. The van der Waals surface area contributed by atoms with Crippen molar-refractivity contribution in [3.63, 3.8) is 0 Å². The minimum Gasteiger partial charge on any atom is -0.484 e. The van der Waals surface area contributed by atoms with Crippen molar-refractivity contribution in [3.05, 3.63) is 89.5 Å². The van der Waals surface area contributed by atoms with E-state index in [2.05, 4.69) is 22.7 Å². The lowest BCUT2D eigenvalue weighted by Crippen LogP contribution is -2.25. The van der Waals surface area contributed by atoms with Crippen LogP contribution in [0.3, 0.4) is 0 Å². The van der Waals surface area contributed by atoms with Crippen LogP contribution in [0, 0.1) is 22.7 Å². The van der Waals surface area contributed by atoms with Gasteiger partial charge in [0.1, 0.15) is 5.75 Å². The average Bonchev–Trinajstić information content (AvgIpc) is 2.81. The number of hydrogen-bond acceptors (Lipinski definition) is 5. The Morgan fingerprint density at radius 3 is 1.90 bits per heavy atom. The van der Waals surface area contributed by atoms with E-state index in [9.17, 15) is 4.79 Å². The second kappa shape index (κ2) is 9.68. The number of nitrogens with one attached hydrogen (secondary N) is 1. The number of carbonyl (C=O) groups excluding carboxylic acids is 1. The van der Waals surface area contributed by atoms with E-state index < -0.39 is 0 Å². The van der Waals surface area contributed by atoms with Crippen molar-refractivity contribution in [2.75, 3.05) is 6.61 Å². The van der Waals surface area contributed by atoms with Gasteiger partial charge >= 0.3 is 0 Å². The van der Waals surface area contributed by atoms with Crippen LogP contribution in [0.25, 0.3) is 11.1 Å². The lowest BCUT2D eigenvalue weighted by Gasteiger charge is -2.07. The molecule has 1 amide bonds. The first-order chi connectivity index (χ1) is 14.6. The standard InChI is InChI=1S/C24H18N4O2/c1-17(20-6-2-18(14-25)3-7-20)27-28-24(29)16-30-23-12-10-22(11-13-23)21-8-4-19(15-26)5-9-21/h2-13H,16H2,1H3,(H,28,29)/b27-17+. The first kappa shape index (κ1) is 20.3. The lowest BCUT2D eigenvalue weighted by atomic mass is 10.0. The van der Waals surface area contributed by atoms with Crippen LogP contribution in [-0.4, -0.2) is 18.2 Å². The third-order valence-electron chi connectivity index (χ3n) is 4.35. The van der Waals surface area contributed by atoms with E-state index in [1.54, 1.807) is 55.5 Å². The maximum atomic E-state index is 12.0. The fourth-order valence-electron chi connectivity index (χ4n) is 2.66. The molecule has 0 spiro atoms. The van der Waals surface area contributed by atoms with Gasteiger partial charge in [0.2, 0.25) is 0 Å². The van der Waals surface area contributed by atoms with Gasteiger partial charge in [0, 0.05) is 0 Å². The fraction of sp³-hybridized carbons (Fsp3) is 0.0833. The Hall–Kier alpha value is -4.42. The summed E-state index contributed by atoms with van der Waals surface area (Å²) in [6.45, 7) is 1.60. The Bertz CT molecular complexity index is 1130. The van der Waals surface area contributed by atoms with Gasteiger partial charge < -0.3 is 4.74 Å². The zero-order chi connectivity index (χ0) is 21.3. The lowest BCUT2D eigenvalue weighted by molar-refractivity contribution is -0.123. The molecule has 0 aliphatic heterocycles. The third kappa shape index (κ3) is 5.31. The summed E-state index contributed by atoms with van der Waals surface area (Å²) in [6.07, 6.45) is 0. The SMILES string of the molecule is C/C(=N\NC(=O)COc1ccc(-c2ccc(C#N)cc2)cc1)c1ccc(C#N)cc1. The third-order valence-corrected chi connectivity index (χ3v) is 4.35. The predicted molar refractivity (Wildman–Crippen MR) is 114 cm³/mol. The molecular formula is C24H18N4O2. The van der Waals surface area contributed by atoms with E-state index in [1.807, 2.05) is 24.3 Å². The van der Waals surface area contributed by atoms with Gasteiger partial charge in [-0.2, -0.15) is 15.6 Å². The molecule has 0 saturated carbocycles. The molecule has 1 N–H and O–H groups in total. The van der Waals surface area contributed by atoms with Crippen LogP contribution in [0.1, 0.15) is 23.6 Å². The maximum absolute atomic E-state index is 12.0. The van der Waals surface area contributed by atoms with Crippen LogP contribution in [0.5, 0.6) is 5.75 Å². The average molecular weight is 394 g/mol. The van der Waals surface area contributed by atoms with Gasteiger partial charge in [0.15, 0.2) is 6.61 Å². The van der Waals surface area contributed by atoms with Gasteiger partial charge in [-0.1, -0.05) is 36.4 Å². The molecule has 0 heterocycles. The summed E-state index contributed by atoms with van der Waals surface area (Å²) in [5.41, 5.74) is 7.05. The molecule has 3 aromatic carbocycles. The smallest absolute Gasteiger partial charge is 0.277 e. The van der Waals surface area contributed by atoms with E-state index >= 15 is 0 Å². The molecule has 0 aliphatic carbocycles. The molecular weight excluding hydrogens is 376 g/mol. The number of benzene rings is 3. The second-order valence-electron chi connectivity index (χ2n) is 6.42. The van der Waals surface area contributed by atoms with Crippen LogP contribution < -0.4 is 10.2 Å². The molecule has 6 heteroatoms. The Balaban J connectivity index is 1.52. The van der Waals surface area contributed by atoms with Crippen LogP contribution in [0.4, 0.5) is 0 Å². The van der Waals surface area contributed by atoms with Crippen molar-refractivity contribution >= 4 is 11.6 Å². The van der Waals surface area contributed by atoms with E-state index in [4.69, 9.17) is 15.3 Å². The number of amides is 1. The van der Waals surface area contributed by atoms with Crippen LogP contribution in [-0.2, 0) is 4.79 Å². The number of ether oxygens (including phenoxy) is 1. The molecule has 30 heavy (non-hydrogen) atoms. The van der Waals surface area contributed by atoms with Crippen molar-refractivity contribution < 1.29 is 9.53 Å². The largest absolute Gasteiger partial charge is 0.484 e. The van der Waals surface area contributed by atoms with Gasteiger partial charge in [-0.3, -0.25) is 4.79 Å². The second-order valence-corrected chi connectivity index (χ2v) is 6.42. The Labute approximate surface area is 174 Å². The van der Waals surface area contributed by atoms with Crippen LogP contribution in [0.15, 0.2) is 77.9 Å². The molecule has 0 radical (unpaired) electrons. The number of hydrazone groups is 1. The Morgan fingerprint density at radius 1 is 0.867 bits per heavy atom. The predicted octanol–water partition coefficient (Wildman–Crippen LogP) is 4.02. The number of nitrogens with zero attached hydrogens (tertiary/aromatic N) is 3. The summed E-state index contributed by atoms with van der Waals surface area (Å²) >= 11 is 0. The molecule has 3 aromatic rings. The minimum absolute atomic E-state index is 0.166. The molecule has 0 fully saturated rings. The number of carbonyl (C=O) groups is 1. The summed E-state index contributed by atoms with van der Waals surface area (Å²) in [5.74, 6) is 0.189. The van der Waals surface area contributed by atoms with Gasteiger partial charge in [-0.25, -0.2) is 5.43 Å². The molecule has 0 atom stereocenters. The highest BCUT2D eigenvalue weighted by molar-refractivity contribution is 5.99. The molecule has 0 saturated heterocycles. The van der Waals surface area contributed by atoms with Crippen LogP contribution in [0.2, 0.25) is 0 Å². The summed E-state index contributed by atoms with van der Waals surface area (Å²) in [5, 5.41) is 21.8. The molecule has 146 valence electrons. The Kier molecular flexibility index (Phi) is 6.55. The van der Waals surface area contributed by atoms with Gasteiger partial charge in [0.05, 0.1) is 29.0 Å². The van der Waals surface area contributed by atoms with Crippen molar-refractivity contribution in [2.24, 2.45) is 5.10 Å². The zero-order valence-corrected chi connectivity index (χ0v) is 16.3. The number of nitriles is 2. The minimum atomic E-state index is -0.376. The van der Waals surface area contributed by atoms with Gasteiger partial charge in [-0.15, -0.1) is 0 Å². The van der Waals surface area contributed by atoms with Gasteiger partial charge in [-0.05, 0) is 60.0 Å². The van der Waals surface area contributed by atoms with E-state index in [0.29, 0.717) is 22.6 Å². The van der Waals surface area contributed by atoms with Gasteiger partial charge in [0.25, 0.3) is 5.91 Å². The molecule has 0 unspecified atom stereocenters. The molecule has 3 rings (SSSR count). The van der Waals surface area contributed by atoms with E-state index in [0.717, 1.165) is 16.7 Å². The van der Waals surface area contributed by atoms with Crippen molar-refractivity contribution in [3.8, 4) is 29.0 Å². The van der Waals surface area contributed by atoms with Crippen LogP contribution >= 0.6 is 0 Å². The first-order valence-electron chi connectivity index (χ1n) is 9.16. The summed E-state index contributed by atoms with van der Waals surface area (Å²) in [7, 11) is 0. The normalized spacial score (nSPS) is 10.6. The molecule has 6 nitrogen and oxygen atoms in total. The highest BCUT2D eigenvalue weighted by atomic mass is 16.5. The molecule has 0 aliphatic rings. The molecule has 0 aromatic heterocycles. The van der Waals surface area contributed by atoms with Crippen molar-refractivity contribution in [1.29, 1.82) is 10.5 Å². The molecule has 0 bridgehead atoms.